The van der Waals surface area contributed by atoms with E-state index >= 15 is 0 Å². The minimum Gasteiger partial charge on any atom is -0.480 e. The lowest BCUT2D eigenvalue weighted by Crippen LogP contribution is -2.57. The highest BCUT2D eigenvalue weighted by molar-refractivity contribution is 7.98. The minimum atomic E-state index is -1.52. The smallest absolute Gasteiger partial charge is 0.326 e. The van der Waals surface area contributed by atoms with Gasteiger partial charge in [0.25, 0.3) is 0 Å². The van der Waals surface area contributed by atoms with Crippen molar-refractivity contribution in [3.05, 3.63) is 0 Å². The van der Waals surface area contributed by atoms with Crippen LogP contribution in [0.4, 0.5) is 0 Å². The first-order chi connectivity index (χ1) is 16.4. The van der Waals surface area contributed by atoms with Gasteiger partial charge in [0.2, 0.25) is 29.5 Å². The quantitative estimate of drug-likeness (QED) is 0.0795. The summed E-state index contributed by atoms with van der Waals surface area (Å²) in [6.45, 7) is 0.365. The Kier molecular flexibility index (Phi) is 16.1. The molecule has 5 amide bonds. The van der Waals surface area contributed by atoms with Crippen molar-refractivity contribution in [2.24, 2.45) is 22.9 Å². The molecule has 35 heavy (non-hydrogen) atoms. The lowest BCUT2D eigenvalue weighted by Gasteiger charge is -2.24. The predicted molar refractivity (Wildman–Crippen MR) is 130 cm³/mol. The fourth-order valence-corrected chi connectivity index (χ4v) is 3.40. The maximum absolute atomic E-state index is 12.9. The molecule has 0 aromatic rings. The monoisotopic (exact) mass is 519 g/mol. The third kappa shape index (κ3) is 14.2. The Hall–Kier alpha value is -2.91. The van der Waals surface area contributed by atoms with E-state index in [1.807, 2.05) is 6.26 Å². The largest absolute Gasteiger partial charge is 0.480 e. The molecule has 200 valence electrons. The number of carbonyl (C=O) groups excluding carboxylic acids is 5. The van der Waals surface area contributed by atoms with Crippen LogP contribution in [0.1, 0.15) is 44.9 Å². The summed E-state index contributed by atoms with van der Waals surface area (Å²) in [6, 6.07) is -4.94. The second-order valence-corrected chi connectivity index (χ2v) is 8.86. The van der Waals surface area contributed by atoms with Gasteiger partial charge in [0.15, 0.2) is 0 Å². The van der Waals surface area contributed by atoms with Crippen LogP contribution in [0.2, 0.25) is 0 Å². The van der Waals surface area contributed by atoms with Crippen LogP contribution < -0.4 is 38.9 Å². The fourth-order valence-electron chi connectivity index (χ4n) is 2.92. The highest BCUT2D eigenvalue weighted by Crippen LogP contribution is 2.06. The first kappa shape index (κ1) is 32.1. The Morgan fingerprint density at radius 3 is 1.89 bits per heavy atom. The Labute approximate surface area is 208 Å². The van der Waals surface area contributed by atoms with Crippen molar-refractivity contribution in [3.8, 4) is 0 Å². The van der Waals surface area contributed by atoms with E-state index in [9.17, 15) is 33.9 Å². The molecule has 4 unspecified atom stereocenters. The number of amides is 5. The van der Waals surface area contributed by atoms with E-state index in [1.54, 1.807) is 0 Å². The number of nitrogens with two attached hydrogens (primary N) is 4. The van der Waals surface area contributed by atoms with Crippen LogP contribution in [0.25, 0.3) is 0 Å². The molecule has 0 fully saturated rings. The highest BCUT2D eigenvalue weighted by Gasteiger charge is 2.31. The lowest BCUT2D eigenvalue weighted by molar-refractivity contribution is -0.142. The van der Waals surface area contributed by atoms with E-state index in [-0.39, 0.29) is 19.3 Å². The average molecular weight is 520 g/mol. The van der Waals surface area contributed by atoms with Gasteiger partial charge >= 0.3 is 5.97 Å². The minimum absolute atomic E-state index is 0.186. The van der Waals surface area contributed by atoms with Gasteiger partial charge in [-0.2, -0.15) is 11.8 Å². The molecule has 0 radical (unpaired) electrons. The van der Waals surface area contributed by atoms with Gasteiger partial charge in [0.1, 0.15) is 18.1 Å². The number of carbonyl (C=O) groups is 6. The van der Waals surface area contributed by atoms with Crippen LogP contribution in [0.3, 0.4) is 0 Å². The second kappa shape index (κ2) is 17.5. The summed E-state index contributed by atoms with van der Waals surface area (Å²) in [6.07, 6.45) is 2.26. The number of hydrogen-bond acceptors (Lipinski definition) is 9. The summed E-state index contributed by atoms with van der Waals surface area (Å²) < 4.78 is 0. The second-order valence-electron chi connectivity index (χ2n) is 7.87. The molecule has 0 saturated carbocycles. The number of unbranched alkanes of at least 4 members (excludes halogenated alkanes) is 1. The number of carboxylic acids is 1. The lowest BCUT2D eigenvalue weighted by atomic mass is 10.1. The van der Waals surface area contributed by atoms with Crippen molar-refractivity contribution < 1.29 is 33.9 Å². The molecule has 0 bridgehead atoms. The molecule has 0 aromatic heterocycles. The van der Waals surface area contributed by atoms with Crippen LogP contribution in [0.5, 0.6) is 0 Å². The van der Waals surface area contributed by atoms with Gasteiger partial charge in [-0.1, -0.05) is 0 Å². The van der Waals surface area contributed by atoms with E-state index < -0.39 is 66.1 Å². The third-order valence-electron chi connectivity index (χ3n) is 4.88. The highest BCUT2D eigenvalue weighted by atomic mass is 32.2. The summed E-state index contributed by atoms with van der Waals surface area (Å²) in [7, 11) is 0. The molecule has 4 atom stereocenters. The van der Waals surface area contributed by atoms with E-state index in [0.717, 1.165) is 0 Å². The Morgan fingerprint density at radius 2 is 1.37 bits per heavy atom. The molecular weight excluding hydrogens is 482 g/mol. The van der Waals surface area contributed by atoms with Crippen molar-refractivity contribution in [2.75, 3.05) is 18.6 Å². The van der Waals surface area contributed by atoms with Crippen LogP contribution in [0, 0.1) is 0 Å². The van der Waals surface area contributed by atoms with Gasteiger partial charge in [0.05, 0.1) is 12.5 Å². The number of aliphatic carboxylic acids is 1. The average Bonchev–Trinajstić information content (AvgIpc) is 2.77. The van der Waals surface area contributed by atoms with Gasteiger partial charge in [-0.25, -0.2) is 4.79 Å². The molecule has 0 aliphatic carbocycles. The summed E-state index contributed by atoms with van der Waals surface area (Å²) in [5, 5.41) is 16.3. The van der Waals surface area contributed by atoms with Crippen LogP contribution >= 0.6 is 11.8 Å². The predicted octanol–water partition coefficient (Wildman–Crippen LogP) is -3.12. The third-order valence-corrected chi connectivity index (χ3v) is 5.53. The topological polar surface area (TPSA) is 263 Å². The van der Waals surface area contributed by atoms with Gasteiger partial charge in [-0.15, -0.1) is 0 Å². The van der Waals surface area contributed by atoms with Crippen molar-refractivity contribution in [1.29, 1.82) is 0 Å². The molecule has 0 spiro atoms. The summed E-state index contributed by atoms with van der Waals surface area (Å²) in [5.41, 5.74) is 21.6. The zero-order chi connectivity index (χ0) is 27.0. The summed E-state index contributed by atoms with van der Waals surface area (Å²) >= 11 is 1.51. The normalized spacial score (nSPS) is 14.1. The van der Waals surface area contributed by atoms with Crippen LogP contribution in [0.15, 0.2) is 0 Å². The molecule has 15 heteroatoms. The molecule has 0 aliphatic heterocycles. The number of rotatable bonds is 19. The van der Waals surface area contributed by atoms with Crippen LogP contribution in [-0.4, -0.2) is 83.3 Å². The molecular formula is C20H37N7O7S. The van der Waals surface area contributed by atoms with Gasteiger partial charge in [-0.3, -0.25) is 24.0 Å². The maximum atomic E-state index is 12.9. The van der Waals surface area contributed by atoms with Crippen molar-refractivity contribution in [1.82, 2.24) is 16.0 Å². The Bertz CT molecular complexity index is 753. The number of primary amides is 2. The first-order valence-corrected chi connectivity index (χ1v) is 12.5. The SMILES string of the molecule is CSCCC(N)C(=O)NC(CCCCN)C(=O)NC(CC(N)=O)C(=O)NC(CCC(N)=O)C(=O)O. The molecule has 14 nitrogen and oxygen atoms in total. The number of hydrogen-bond donors (Lipinski definition) is 8. The fraction of sp³-hybridized carbons (Fsp3) is 0.700. The van der Waals surface area contributed by atoms with Crippen LogP contribution in [-0.2, 0) is 28.8 Å². The van der Waals surface area contributed by atoms with Gasteiger partial charge < -0.3 is 44.0 Å². The summed E-state index contributed by atoms with van der Waals surface area (Å²) in [4.78, 5) is 71.9. The van der Waals surface area contributed by atoms with Crippen molar-refractivity contribution >= 4 is 47.3 Å². The standard InChI is InChI=1S/C20H37N7O7S/c1-35-9-7-11(22)17(30)25-12(4-2-3-8-21)18(31)27-14(10-16(24)29)19(32)26-13(20(33)34)5-6-15(23)28/h11-14H,2-10,21-22H2,1H3,(H2,23,28)(H2,24,29)(H,25,30)(H,26,32)(H,27,31)(H,33,34). The van der Waals surface area contributed by atoms with E-state index in [0.29, 0.717) is 31.6 Å². The Morgan fingerprint density at radius 1 is 0.800 bits per heavy atom. The van der Waals surface area contributed by atoms with E-state index in [4.69, 9.17) is 22.9 Å². The van der Waals surface area contributed by atoms with Crippen molar-refractivity contribution in [3.63, 3.8) is 0 Å². The first-order valence-electron chi connectivity index (χ1n) is 11.1. The molecule has 0 heterocycles. The van der Waals surface area contributed by atoms with Gasteiger partial charge in [0, 0.05) is 6.42 Å². The number of thioether (sulfide) groups is 1. The number of nitrogens with one attached hydrogen (secondary N) is 3. The van der Waals surface area contributed by atoms with E-state index in [2.05, 4.69) is 16.0 Å². The molecule has 0 saturated heterocycles. The number of carboxylic acid groups (broad SMARTS) is 1. The molecule has 12 N–H and O–H groups in total. The van der Waals surface area contributed by atoms with E-state index in [1.165, 1.54) is 11.8 Å². The maximum Gasteiger partial charge on any atom is 0.326 e. The van der Waals surface area contributed by atoms with Gasteiger partial charge in [-0.05, 0) is 50.7 Å². The Balaban J connectivity index is 5.49. The zero-order valence-corrected chi connectivity index (χ0v) is 20.6. The molecule has 0 rings (SSSR count). The van der Waals surface area contributed by atoms with Crippen molar-refractivity contribution in [2.45, 2.75) is 69.1 Å². The molecule has 0 aromatic carbocycles. The molecule has 0 aliphatic rings. The zero-order valence-electron chi connectivity index (χ0n) is 19.8. The summed E-state index contributed by atoms with van der Waals surface area (Å²) in [5.74, 6) is -4.83.